The Labute approximate surface area is 87.0 Å². The van der Waals surface area contributed by atoms with E-state index in [9.17, 15) is 0 Å². The van der Waals surface area contributed by atoms with Gasteiger partial charge in [-0.15, -0.1) is 0 Å². The molecule has 0 bridgehead atoms. The van der Waals surface area contributed by atoms with E-state index in [1.165, 1.54) is 19.3 Å². The first kappa shape index (κ1) is 10.4. The summed E-state index contributed by atoms with van der Waals surface area (Å²) in [7, 11) is 0. The fraction of sp³-hybridized carbons (Fsp3) is 1.00. The lowest BCUT2D eigenvalue weighted by Crippen LogP contribution is -2.35. The fourth-order valence-corrected chi connectivity index (χ4v) is 2.81. The smallest absolute Gasteiger partial charge is 0.168 e. The molecule has 14 heavy (non-hydrogen) atoms. The Balaban J connectivity index is 1.79. The quantitative estimate of drug-likeness (QED) is 0.679. The predicted octanol–water partition coefficient (Wildman–Crippen LogP) is 2.97. The van der Waals surface area contributed by atoms with E-state index in [0.29, 0.717) is 0 Å². The third kappa shape index (κ3) is 2.29. The van der Waals surface area contributed by atoms with Gasteiger partial charge >= 0.3 is 0 Å². The topological polar surface area (TPSA) is 18.5 Å². The summed E-state index contributed by atoms with van der Waals surface area (Å²) >= 11 is 0. The maximum absolute atomic E-state index is 5.71. The highest BCUT2D eigenvalue weighted by molar-refractivity contribution is 4.82. The molecule has 0 aromatic carbocycles. The lowest BCUT2D eigenvalue weighted by Gasteiger charge is -2.35. The number of hydrogen-bond donors (Lipinski definition) is 0. The van der Waals surface area contributed by atoms with Crippen molar-refractivity contribution < 1.29 is 9.47 Å². The van der Waals surface area contributed by atoms with E-state index < -0.39 is 0 Å². The highest BCUT2D eigenvalue weighted by Gasteiger charge is 2.40. The van der Waals surface area contributed by atoms with Crippen LogP contribution >= 0.6 is 0 Å². The van der Waals surface area contributed by atoms with Crippen LogP contribution in [-0.2, 0) is 9.47 Å². The normalized spacial score (nSPS) is 27.6. The zero-order valence-electron chi connectivity index (χ0n) is 9.42. The molecule has 82 valence electrons. The molecule has 1 saturated carbocycles. The molecule has 2 nitrogen and oxygen atoms in total. The zero-order chi connectivity index (χ0) is 10.0. The van der Waals surface area contributed by atoms with Crippen LogP contribution in [-0.4, -0.2) is 19.0 Å². The Morgan fingerprint density at radius 2 is 1.71 bits per heavy atom. The summed E-state index contributed by atoms with van der Waals surface area (Å²) < 4.78 is 11.4. The SMILES string of the molecule is CC(C)CC1CCC2(CC1)OCCO2. The van der Waals surface area contributed by atoms with Crippen LogP contribution in [0, 0.1) is 11.8 Å². The molecule has 2 aliphatic rings. The fourth-order valence-electron chi connectivity index (χ4n) is 2.81. The minimum absolute atomic E-state index is 0.159. The van der Waals surface area contributed by atoms with Crippen LogP contribution in [0.25, 0.3) is 0 Å². The summed E-state index contributed by atoms with van der Waals surface area (Å²) in [6, 6.07) is 0. The second-order valence-corrected chi connectivity index (χ2v) is 5.18. The van der Waals surface area contributed by atoms with Gasteiger partial charge in [0.05, 0.1) is 13.2 Å². The summed E-state index contributed by atoms with van der Waals surface area (Å²) in [5.74, 6) is 1.58. The molecule has 2 rings (SSSR count). The minimum atomic E-state index is -0.159. The van der Waals surface area contributed by atoms with Crippen molar-refractivity contribution in [2.75, 3.05) is 13.2 Å². The first-order valence-corrected chi connectivity index (χ1v) is 5.98. The first-order chi connectivity index (χ1) is 6.70. The van der Waals surface area contributed by atoms with Gasteiger partial charge in [0.15, 0.2) is 5.79 Å². The molecular weight excluding hydrogens is 176 g/mol. The van der Waals surface area contributed by atoms with Crippen LogP contribution in [0.5, 0.6) is 0 Å². The van der Waals surface area contributed by atoms with Crippen molar-refractivity contribution >= 4 is 0 Å². The summed E-state index contributed by atoms with van der Waals surface area (Å²) in [4.78, 5) is 0. The van der Waals surface area contributed by atoms with Gasteiger partial charge in [0.2, 0.25) is 0 Å². The number of ether oxygens (including phenoxy) is 2. The van der Waals surface area contributed by atoms with Crippen LogP contribution in [0.2, 0.25) is 0 Å². The van der Waals surface area contributed by atoms with E-state index in [4.69, 9.17) is 9.47 Å². The molecule has 1 aliphatic heterocycles. The molecule has 0 aromatic rings. The molecule has 1 spiro atoms. The third-order valence-electron chi connectivity index (χ3n) is 3.49. The molecule has 2 heteroatoms. The Bertz CT molecular complexity index is 173. The van der Waals surface area contributed by atoms with Gasteiger partial charge in [-0.1, -0.05) is 13.8 Å². The van der Waals surface area contributed by atoms with Crippen LogP contribution in [0.4, 0.5) is 0 Å². The van der Waals surface area contributed by atoms with Crippen LogP contribution in [0.15, 0.2) is 0 Å². The molecule has 1 saturated heterocycles. The predicted molar refractivity (Wildman–Crippen MR) is 56.0 cm³/mol. The first-order valence-electron chi connectivity index (χ1n) is 5.98. The van der Waals surface area contributed by atoms with Gasteiger partial charge in [-0.25, -0.2) is 0 Å². The Hall–Kier alpha value is -0.0800. The Morgan fingerprint density at radius 3 is 2.21 bits per heavy atom. The van der Waals surface area contributed by atoms with Crippen molar-refractivity contribution in [1.29, 1.82) is 0 Å². The monoisotopic (exact) mass is 198 g/mol. The summed E-state index contributed by atoms with van der Waals surface area (Å²) in [5.41, 5.74) is 0. The summed E-state index contributed by atoms with van der Waals surface area (Å²) in [6.45, 7) is 6.23. The van der Waals surface area contributed by atoms with Gasteiger partial charge in [-0.2, -0.15) is 0 Å². The maximum atomic E-state index is 5.71. The zero-order valence-corrected chi connectivity index (χ0v) is 9.42. The third-order valence-corrected chi connectivity index (χ3v) is 3.49. The Morgan fingerprint density at radius 1 is 1.14 bits per heavy atom. The van der Waals surface area contributed by atoms with E-state index in [-0.39, 0.29) is 5.79 Å². The van der Waals surface area contributed by atoms with Gasteiger partial charge in [0, 0.05) is 12.8 Å². The van der Waals surface area contributed by atoms with Gasteiger partial charge in [0.1, 0.15) is 0 Å². The molecule has 1 aliphatic carbocycles. The highest BCUT2D eigenvalue weighted by atomic mass is 16.7. The number of hydrogen-bond acceptors (Lipinski definition) is 2. The molecule has 0 atom stereocenters. The molecule has 0 unspecified atom stereocenters. The van der Waals surface area contributed by atoms with Gasteiger partial charge < -0.3 is 9.47 Å². The van der Waals surface area contributed by atoms with Crippen molar-refractivity contribution in [3.8, 4) is 0 Å². The second kappa shape index (κ2) is 4.19. The molecule has 0 aromatic heterocycles. The van der Waals surface area contributed by atoms with E-state index in [1.54, 1.807) is 0 Å². The molecule has 0 radical (unpaired) electrons. The van der Waals surface area contributed by atoms with E-state index in [1.807, 2.05) is 0 Å². The lowest BCUT2D eigenvalue weighted by molar-refractivity contribution is -0.183. The van der Waals surface area contributed by atoms with E-state index in [2.05, 4.69) is 13.8 Å². The van der Waals surface area contributed by atoms with Crippen molar-refractivity contribution in [2.24, 2.45) is 11.8 Å². The highest BCUT2D eigenvalue weighted by Crippen LogP contribution is 2.40. The van der Waals surface area contributed by atoms with Crippen LogP contribution < -0.4 is 0 Å². The average molecular weight is 198 g/mol. The molecule has 0 amide bonds. The van der Waals surface area contributed by atoms with Crippen LogP contribution in [0.1, 0.15) is 46.0 Å². The molecular formula is C12H22O2. The molecule has 0 N–H and O–H groups in total. The summed E-state index contributed by atoms with van der Waals surface area (Å²) in [6.07, 6.45) is 6.18. The lowest BCUT2D eigenvalue weighted by atomic mass is 9.81. The largest absolute Gasteiger partial charge is 0.348 e. The molecule has 1 heterocycles. The van der Waals surface area contributed by atoms with Crippen LogP contribution in [0.3, 0.4) is 0 Å². The number of rotatable bonds is 2. The van der Waals surface area contributed by atoms with Gasteiger partial charge in [-0.05, 0) is 31.1 Å². The van der Waals surface area contributed by atoms with E-state index in [0.717, 1.165) is 37.9 Å². The van der Waals surface area contributed by atoms with Gasteiger partial charge in [0.25, 0.3) is 0 Å². The van der Waals surface area contributed by atoms with Crippen molar-refractivity contribution in [1.82, 2.24) is 0 Å². The van der Waals surface area contributed by atoms with Gasteiger partial charge in [-0.3, -0.25) is 0 Å². The minimum Gasteiger partial charge on any atom is -0.348 e. The standard InChI is InChI=1S/C12H22O2/c1-10(2)9-11-3-5-12(6-4-11)13-7-8-14-12/h10-11H,3-9H2,1-2H3. The van der Waals surface area contributed by atoms with E-state index >= 15 is 0 Å². The van der Waals surface area contributed by atoms with Crippen molar-refractivity contribution in [3.05, 3.63) is 0 Å². The Kier molecular flexibility index (Phi) is 3.13. The van der Waals surface area contributed by atoms with Crippen molar-refractivity contribution in [2.45, 2.75) is 51.7 Å². The van der Waals surface area contributed by atoms with Crippen molar-refractivity contribution in [3.63, 3.8) is 0 Å². The second-order valence-electron chi connectivity index (χ2n) is 5.18. The molecule has 2 fully saturated rings. The maximum Gasteiger partial charge on any atom is 0.168 e. The summed E-state index contributed by atoms with van der Waals surface area (Å²) in [5, 5.41) is 0. The average Bonchev–Trinajstić information content (AvgIpc) is 2.58.